The minimum absolute atomic E-state index is 1.37. The molecule has 0 nitrogen and oxygen atoms in total. The summed E-state index contributed by atoms with van der Waals surface area (Å²) < 4.78 is 0. The van der Waals surface area contributed by atoms with E-state index in [0.717, 1.165) is 0 Å². The van der Waals surface area contributed by atoms with Gasteiger partial charge in [-0.2, -0.15) is 0 Å². The quantitative estimate of drug-likeness (QED) is 0.430. The molecule has 0 atom stereocenters. The molecule has 0 aliphatic rings. The van der Waals surface area contributed by atoms with Crippen LogP contribution in [0.1, 0.15) is 32.6 Å². The maximum absolute atomic E-state index is 2.25. The third kappa shape index (κ3) is 6.64. The van der Waals surface area contributed by atoms with Crippen LogP contribution in [-0.4, -0.2) is 18.6 Å². The Bertz CT molecular complexity index is 23.4. The van der Waals surface area contributed by atoms with Gasteiger partial charge in [0, 0.05) is 0 Å². The number of rotatable bonds is 4. The molecule has 1 heteroatoms. The topological polar surface area (TPSA) is 0 Å². The summed E-state index contributed by atoms with van der Waals surface area (Å²) in [4.78, 5) is 1.42. The van der Waals surface area contributed by atoms with Crippen molar-refractivity contribution in [2.24, 2.45) is 0 Å². The summed E-state index contributed by atoms with van der Waals surface area (Å²) in [6.45, 7) is 2.25. The van der Waals surface area contributed by atoms with Gasteiger partial charge >= 0.3 is 56.2 Å². The summed E-state index contributed by atoms with van der Waals surface area (Å²) in [5.74, 6) is 0. The van der Waals surface area contributed by atoms with Crippen molar-refractivity contribution < 1.29 is 0 Å². The fourth-order valence-corrected chi connectivity index (χ4v) is 1.18. The van der Waals surface area contributed by atoms with Gasteiger partial charge in [-0.05, 0) is 0 Å². The van der Waals surface area contributed by atoms with Crippen LogP contribution in [0.25, 0.3) is 0 Å². The number of hydrogen-bond acceptors (Lipinski definition) is 0. The molecule has 0 rings (SSSR count). The van der Waals surface area contributed by atoms with Gasteiger partial charge in [0.05, 0.1) is 0 Å². The zero-order chi connectivity index (χ0) is 5.54. The van der Waals surface area contributed by atoms with Crippen LogP contribution in [-0.2, 0) is 0 Å². The van der Waals surface area contributed by atoms with Crippen LogP contribution in [0.4, 0.5) is 0 Å². The van der Waals surface area contributed by atoms with E-state index in [2.05, 4.69) is 6.92 Å². The van der Waals surface area contributed by atoms with E-state index in [9.17, 15) is 0 Å². The first-order chi connectivity index (χ1) is 3.41. The molecule has 40 valence electrons. The predicted octanol–water partition coefficient (Wildman–Crippen LogP) is 2.15. The van der Waals surface area contributed by atoms with Crippen molar-refractivity contribution in [1.82, 2.24) is 0 Å². The van der Waals surface area contributed by atoms with Gasteiger partial charge in [0.25, 0.3) is 0 Å². The fourth-order valence-electron chi connectivity index (χ4n) is 0.571. The Morgan fingerprint density at radius 1 is 1.14 bits per heavy atom. The molecule has 0 saturated carbocycles. The van der Waals surface area contributed by atoms with Crippen molar-refractivity contribution >= 4 is 18.6 Å². The molecule has 7 heavy (non-hydrogen) atoms. The molecular formula is C6H13Ga. The van der Waals surface area contributed by atoms with Gasteiger partial charge in [-0.25, -0.2) is 0 Å². The molecule has 0 fully saturated rings. The van der Waals surface area contributed by atoms with Crippen molar-refractivity contribution in [3.05, 3.63) is 0 Å². The first-order valence-electron chi connectivity index (χ1n) is 3.12. The van der Waals surface area contributed by atoms with Gasteiger partial charge < -0.3 is 0 Å². The van der Waals surface area contributed by atoms with Gasteiger partial charge in [-0.15, -0.1) is 0 Å². The van der Waals surface area contributed by atoms with Crippen molar-refractivity contribution in [2.45, 2.75) is 37.6 Å². The van der Waals surface area contributed by atoms with Gasteiger partial charge in [0.2, 0.25) is 0 Å². The SMILES string of the molecule is CCCCC[CH2][Ga]. The van der Waals surface area contributed by atoms with Crippen molar-refractivity contribution in [2.75, 3.05) is 0 Å². The zero-order valence-corrected chi connectivity index (χ0v) is 7.54. The number of hydrogen-bond donors (Lipinski definition) is 0. The molecule has 0 heterocycles. The van der Waals surface area contributed by atoms with Gasteiger partial charge in [-0.3, -0.25) is 0 Å². The molecule has 0 spiro atoms. The van der Waals surface area contributed by atoms with Crippen LogP contribution in [0, 0.1) is 0 Å². The van der Waals surface area contributed by atoms with Crippen LogP contribution < -0.4 is 0 Å². The Hall–Kier alpha value is 0.636. The third-order valence-electron chi connectivity index (χ3n) is 1.06. The van der Waals surface area contributed by atoms with Crippen molar-refractivity contribution in [1.29, 1.82) is 0 Å². The van der Waals surface area contributed by atoms with E-state index in [0.29, 0.717) is 0 Å². The summed E-state index contributed by atoms with van der Waals surface area (Å²) in [5.41, 5.74) is 0. The Morgan fingerprint density at radius 3 is 2.29 bits per heavy atom. The van der Waals surface area contributed by atoms with E-state index in [1.165, 1.54) is 30.7 Å². The molecule has 0 unspecified atom stereocenters. The van der Waals surface area contributed by atoms with E-state index >= 15 is 0 Å². The Labute approximate surface area is 56.6 Å². The summed E-state index contributed by atoms with van der Waals surface area (Å²) in [6.07, 6.45) is 5.71. The molecule has 0 aliphatic heterocycles. The van der Waals surface area contributed by atoms with E-state index < -0.39 is 0 Å². The van der Waals surface area contributed by atoms with Crippen LogP contribution in [0.2, 0.25) is 4.98 Å². The van der Waals surface area contributed by atoms with Crippen molar-refractivity contribution in [3.63, 3.8) is 0 Å². The second-order valence-electron chi connectivity index (χ2n) is 1.85. The molecule has 0 aromatic heterocycles. The molecule has 0 amide bonds. The van der Waals surface area contributed by atoms with Gasteiger partial charge in [0.1, 0.15) is 0 Å². The third-order valence-corrected chi connectivity index (χ3v) is 1.91. The normalized spacial score (nSPS) is 9.29. The predicted molar refractivity (Wildman–Crippen MR) is 34.7 cm³/mol. The first kappa shape index (κ1) is 7.64. The van der Waals surface area contributed by atoms with Crippen LogP contribution >= 0.6 is 0 Å². The Balaban J connectivity index is 2.45. The van der Waals surface area contributed by atoms with Crippen LogP contribution in [0.15, 0.2) is 0 Å². The van der Waals surface area contributed by atoms with E-state index in [-0.39, 0.29) is 0 Å². The first-order valence-corrected chi connectivity index (χ1v) is 4.83. The minimum atomic E-state index is 1.37. The summed E-state index contributed by atoms with van der Waals surface area (Å²) >= 11 is 1.87. The summed E-state index contributed by atoms with van der Waals surface area (Å²) in [5, 5.41) is 0. The maximum atomic E-state index is 2.25. The average molecular weight is 155 g/mol. The fraction of sp³-hybridized carbons (Fsp3) is 1.00. The standard InChI is InChI=1S/C6H13.Ga/c1-3-5-6-4-2;/h1,3-6H2,2H3;. The number of unbranched alkanes of at least 4 members (excludes halogenated alkanes) is 3. The van der Waals surface area contributed by atoms with E-state index in [1.54, 1.807) is 0 Å². The molecule has 0 saturated heterocycles. The molecule has 2 radical (unpaired) electrons. The van der Waals surface area contributed by atoms with Crippen molar-refractivity contribution in [3.8, 4) is 0 Å². The second kappa shape index (κ2) is 6.64. The van der Waals surface area contributed by atoms with Crippen LogP contribution in [0.5, 0.6) is 0 Å². The molecule has 0 aliphatic carbocycles. The zero-order valence-electron chi connectivity index (χ0n) is 5.11. The van der Waals surface area contributed by atoms with Gasteiger partial charge in [-0.1, -0.05) is 0 Å². The molecule has 0 N–H and O–H groups in total. The Morgan fingerprint density at radius 2 is 1.86 bits per heavy atom. The monoisotopic (exact) mass is 154 g/mol. The molecule has 0 aromatic carbocycles. The molecule has 0 aromatic rings. The van der Waals surface area contributed by atoms with Crippen LogP contribution in [0.3, 0.4) is 0 Å². The molecular weight excluding hydrogens is 142 g/mol. The summed E-state index contributed by atoms with van der Waals surface area (Å²) in [6, 6.07) is 0. The van der Waals surface area contributed by atoms with E-state index in [4.69, 9.17) is 0 Å². The average Bonchev–Trinajstić information content (AvgIpc) is 1.69. The van der Waals surface area contributed by atoms with Gasteiger partial charge in [0.15, 0.2) is 0 Å². The van der Waals surface area contributed by atoms with E-state index in [1.807, 2.05) is 18.6 Å². The second-order valence-corrected chi connectivity index (χ2v) is 3.06. The Kier molecular flexibility index (Phi) is 7.24. The summed E-state index contributed by atoms with van der Waals surface area (Å²) in [7, 11) is 0. The molecule has 0 bridgehead atoms.